The predicted molar refractivity (Wildman–Crippen MR) is 153 cm³/mol. The minimum atomic E-state index is -4.39. The number of aromatic nitrogens is 3. The first-order valence-electron chi connectivity index (χ1n) is 13.5. The quantitative estimate of drug-likeness (QED) is 0.222. The van der Waals surface area contributed by atoms with Gasteiger partial charge in [-0.25, -0.2) is 4.98 Å². The fraction of sp³-hybridized carbons (Fsp3) is 0.593. The van der Waals surface area contributed by atoms with Crippen LogP contribution in [0.3, 0.4) is 0 Å². The lowest BCUT2D eigenvalue weighted by molar-refractivity contribution is -0.230. The summed E-state index contributed by atoms with van der Waals surface area (Å²) in [6, 6.07) is 3.11. The molecule has 4 heterocycles. The molecule has 0 spiro atoms. The molecule has 1 saturated heterocycles. The highest BCUT2D eigenvalue weighted by Crippen LogP contribution is 2.38. The zero-order valence-corrected chi connectivity index (χ0v) is 25.4. The van der Waals surface area contributed by atoms with E-state index in [1.807, 2.05) is 17.8 Å². The molecule has 4 rings (SSSR count). The molecule has 14 heteroatoms. The van der Waals surface area contributed by atoms with E-state index in [0.717, 1.165) is 50.4 Å². The van der Waals surface area contributed by atoms with Crippen LogP contribution in [0.4, 0.5) is 19.0 Å². The molecule has 2 unspecified atom stereocenters. The van der Waals surface area contributed by atoms with E-state index in [0.29, 0.717) is 11.7 Å². The van der Waals surface area contributed by atoms with Crippen LogP contribution in [0.15, 0.2) is 35.5 Å². The molecule has 41 heavy (non-hydrogen) atoms. The first kappa shape index (κ1) is 31.6. The van der Waals surface area contributed by atoms with Crippen LogP contribution in [0.5, 0.6) is 0 Å². The number of carbonyl (C=O) groups is 1. The van der Waals surface area contributed by atoms with Gasteiger partial charge in [-0.3, -0.25) is 19.2 Å². The number of nitrogens with one attached hydrogen (secondary N) is 3. The van der Waals surface area contributed by atoms with Crippen molar-refractivity contribution >= 4 is 35.3 Å². The van der Waals surface area contributed by atoms with Crippen molar-refractivity contribution in [3.05, 3.63) is 47.0 Å². The number of alkyl halides is 3. The highest BCUT2D eigenvalue weighted by molar-refractivity contribution is 7.98. The molecule has 2 aromatic rings. The van der Waals surface area contributed by atoms with Gasteiger partial charge in [0.25, 0.3) is 5.91 Å². The predicted octanol–water partition coefficient (Wildman–Crippen LogP) is 5.61. The van der Waals surface area contributed by atoms with Gasteiger partial charge in [0.05, 0.1) is 28.2 Å². The number of hydrazine groups is 1. The summed E-state index contributed by atoms with van der Waals surface area (Å²) in [7, 11) is 0. The largest absolute Gasteiger partial charge is 0.396 e. The average molecular weight is 616 g/mol. The third kappa shape index (κ3) is 8.16. The normalized spacial score (nSPS) is 20.7. The van der Waals surface area contributed by atoms with Crippen LogP contribution >= 0.6 is 23.5 Å². The number of halogens is 4. The second-order valence-electron chi connectivity index (χ2n) is 11.8. The van der Waals surface area contributed by atoms with Crippen molar-refractivity contribution in [3.63, 3.8) is 0 Å². The lowest BCUT2D eigenvalue weighted by atomic mass is 9.94. The topological polar surface area (TPSA) is 96.3 Å². The van der Waals surface area contributed by atoms with Gasteiger partial charge >= 0.3 is 6.18 Å². The molecule has 1 amide bonds. The maximum atomic E-state index is 13.1. The molecule has 2 aliphatic heterocycles. The Morgan fingerprint density at radius 3 is 2.73 bits per heavy atom. The molecule has 0 saturated carbocycles. The van der Waals surface area contributed by atoms with Crippen molar-refractivity contribution in [1.82, 2.24) is 30.2 Å². The molecule has 0 radical (unpaired) electrons. The van der Waals surface area contributed by atoms with Gasteiger partial charge in [0.1, 0.15) is 17.2 Å². The lowest BCUT2D eigenvalue weighted by Crippen LogP contribution is -2.42. The van der Waals surface area contributed by atoms with Crippen molar-refractivity contribution in [2.75, 3.05) is 18.2 Å². The van der Waals surface area contributed by atoms with Gasteiger partial charge in [-0.15, -0.1) is 0 Å². The first-order valence-corrected chi connectivity index (χ1v) is 14.7. The second kappa shape index (κ2) is 12.5. The zero-order chi connectivity index (χ0) is 30.0. The van der Waals surface area contributed by atoms with Gasteiger partial charge in [0.15, 0.2) is 0 Å². The molecule has 226 valence electrons. The van der Waals surface area contributed by atoms with E-state index >= 15 is 0 Å². The molecule has 2 atom stereocenters. The van der Waals surface area contributed by atoms with Crippen LogP contribution in [-0.4, -0.2) is 51.8 Å². The SMILES string of the molecule is Cc1nn(CCCC2CNC(C)(C)C2)cc1SNC(=O)c1ccc(N2C=CC(OCC(C)(C)C(F)(F)F)N2)nc1Cl. The molecule has 0 aromatic carbocycles. The summed E-state index contributed by atoms with van der Waals surface area (Å²) >= 11 is 7.49. The number of ether oxygens (including phenoxy) is 1. The summed E-state index contributed by atoms with van der Waals surface area (Å²) < 4.78 is 49.4. The lowest BCUT2D eigenvalue weighted by Gasteiger charge is -2.29. The number of hydrogen-bond acceptors (Lipinski definition) is 8. The van der Waals surface area contributed by atoms with Crippen molar-refractivity contribution in [3.8, 4) is 0 Å². The molecule has 3 N–H and O–H groups in total. The minimum Gasteiger partial charge on any atom is -0.357 e. The van der Waals surface area contributed by atoms with Crippen molar-refractivity contribution in [2.24, 2.45) is 11.3 Å². The number of aryl methyl sites for hydroxylation is 2. The number of carbonyl (C=O) groups excluding carboxylic acids is 1. The van der Waals surface area contributed by atoms with Crippen LogP contribution in [0, 0.1) is 18.3 Å². The monoisotopic (exact) mass is 615 g/mol. The van der Waals surface area contributed by atoms with Crippen molar-refractivity contribution in [2.45, 2.75) is 83.3 Å². The summed E-state index contributed by atoms with van der Waals surface area (Å²) in [6.07, 6.45) is 3.27. The molecule has 9 nitrogen and oxygen atoms in total. The summed E-state index contributed by atoms with van der Waals surface area (Å²) in [5.74, 6) is 0.621. The molecule has 2 aliphatic rings. The van der Waals surface area contributed by atoms with Gasteiger partial charge in [0.2, 0.25) is 0 Å². The van der Waals surface area contributed by atoms with Crippen LogP contribution < -0.4 is 20.5 Å². The second-order valence-corrected chi connectivity index (χ2v) is 13.0. The zero-order valence-electron chi connectivity index (χ0n) is 23.8. The van der Waals surface area contributed by atoms with Gasteiger partial charge in [0, 0.05) is 24.5 Å². The molecule has 2 aromatic heterocycles. The van der Waals surface area contributed by atoms with Crippen molar-refractivity contribution < 1.29 is 22.7 Å². The maximum absolute atomic E-state index is 13.1. The van der Waals surface area contributed by atoms with Gasteiger partial charge in [-0.05, 0) is 96.5 Å². The van der Waals surface area contributed by atoms with Crippen LogP contribution in [-0.2, 0) is 11.3 Å². The highest BCUT2D eigenvalue weighted by Gasteiger charge is 2.47. The number of nitrogens with zero attached hydrogens (tertiary/aromatic N) is 4. The molecular formula is C27H37ClF3N7O2S. The fourth-order valence-electron chi connectivity index (χ4n) is 4.63. The van der Waals surface area contributed by atoms with Crippen LogP contribution in [0.25, 0.3) is 0 Å². The average Bonchev–Trinajstić information content (AvgIpc) is 3.59. The number of hydrogen-bond donors (Lipinski definition) is 3. The van der Waals surface area contributed by atoms with E-state index in [-0.39, 0.29) is 16.3 Å². The number of pyridine rings is 1. The molecular weight excluding hydrogens is 579 g/mol. The fourth-order valence-corrected chi connectivity index (χ4v) is 5.55. The Labute approximate surface area is 247 Å². The Balaban J connectivity index is 1.25. The number of amides is 1. The van der Waals surface area contributed by atoms with Crippen LogP contribution in [0.2, 0.25) is 5.15 Å². The van der Waals surface area contributed by atoms with E-state index in [9.17, 15) is 18.0 Å². The Hall–Kier alpha value is -2.32. The van der Waals surface area contributed by atoms with Gasteiger partial charge < -0.3 is 10.1 Å². The summed E-state index contributed by atoms with van der Waals surface area (Å²) in [5.41, 5.74) is 2.12. The standard InChI is InChI=1S/C27H37ClF3N7O2S/c1-17-20(15-37(34-17)11-6-7-18-13-26(4,5)32-14-18)41-36-24(39)19-8-9-21(33-23(19)28)38-12-10-22(35-38)40-16-25(2,3)27(29,30)31/h8-10,12,15,18,22,32,35H,6-7,11,13-14,16H2,1-5H3,(H,36,39). The van der Waals surface area contributed by atoms with E-state index < -0.39 is 30.3 Å². The summed E-state index contributed by atoms with van der Waals surface area (Å²) in [6.45, 7) is 9.88. The summed E-state index contributed by atoms with van der Waals surface area (Å²) in [4.78, 5) is 17.9. The molecule has 0 bridgehead atoms. The number of rotatable bonds is 11. The van der Waals surface area contributed by atoms with Crippen LogP contribution in [0.1, 0.15) is 63.0 Å². The van der Waals surface area contributed by atoms with Crippen molar-refractivity contribution in [1.29, 1.82) is 0 Å². The highest BCUT2D eigenvalue weighted by atomic mass is 35.5. The van der Waals surface area contributed by atoms with E-state index in [2.05, 4.69) is 39.4 Å². The first-order chi connectivity index (χ1) is 19.1. The maximum Gasteiger partial charge on any atom is 0.396 e. The third-order valence-electron chi connectivity index (χ3n) is 7.22. The minimum absolute atomic E-state index is 0.0182. The van der Waals surface area contributed by atoms with Gasteiger partial charge in [-0.1, -0.05) is 11.6 Å². The number of anilines is 1. The van der Waals surface area contributed by atoms with Gasteiger partial charge in [-0.2, -0.15) is 23.7 Å². The van der Waals surface area contributed by atoms with E-state index in [1.165, 1.54) is 29.4 Å². The van der Waals surface area contributed by atoms with E-state index in [4.69, 9.17) is 16.3 Å². The Bertz CT molecular complexity index is 1270. The molecule has 1 fully saturated rings. The van der Waals surface area contributed by atoms with E-state index in [1.54, 1.807) is 18.3 Å². The Morgan fingerprint density at radius 1 is 1.32 bits per heavy atom. The summed E-state index contributed by atoms with van der Waals surface area (Å²) in [5, 5.41) is 9.59. The Kier molecular flexibility index (Phi) is 9.64. The smallest absolute Gasteiger partial charge is 0.357 e. The Morgan fingerprint density at radius 2 is 2.07 bits per heavy atom. The third-order valence-corrected chi connectivity index (χ3v) is 8.41. The molecule has 0 aliphatic carbocycles.